The molecule has 0 aromatic heterocycles. The van der Waals surface area contributed by atoms with Crippen LogP contribution in [0.15, 0.2) is 106 Å². The van der Waals surface area contributed by atoms with E-state index < -0.39 is 18.3 Å². The van der Waals surface area contributed by atoms with Crippen molar-refractivity contribution in [3.05, 3.63) is 151 Å². The predicted octanol–water partition coefficient (Wildman–Crippen LogP) is 13.6. The van der Waals surface area contributed by atoms with E-state index in [2.05, 4.69) is 118 Å². The number of hydrogen-bond acceptors (Lipinski definition) is 0. The number of hydrogen-bond donors (Lipinski definition) is 0. The summed E-state index contributed by atoms with van der Waals surface area (Å²) in [5.74, 6) is -0.340. The molecule has 0 N–H and O–H groups in total. The molecule has 2 atom stereocenters. The number of benzene rings is 4. The Morgan fingerprint density at radius 1 is 0.714 bits per heavy atom. The maximum atomic E-state index is 15.0. The first-order chi connectivity index (χ1) is 25.3. The fourth-order valence-electron chi connectivity index (χ4n) is 11.1. The second-order valence-corrected chi connectivity index (χ2v) is 32.7. The molecule has 4 aromatic rings. The number of fused-ring (bicyclic) bond motifs is 5. The quantitative estimate of drug-likeness (QED) is 0.165. The molecule has 5 heteroatoms. The molecule has 4 aliphatic rings. The van der Waals surface area contributed by atoms with E-state index in [1.165, 1.54) is 64.5 Å². The third-order valence-electron chi connectivity index (χ3n) is 14.3. The van der Waals surface area contributed by atoms with Crippen LogP contribution in [0.5, 0.6) is 0 Å². The van der Waals surface area contributed by atoms with Crippen molar-refractivity contribution in [2.75, 3.05) is 0 Å². The van der Waals surface area contributed by atoms with E-state index in [0.717, 1.165) is 25.8 Å². The molecular formula is C51H58Cl2F2Zr. The number of rotatable bonds is 5. The topological polar surface area (TPSA) is 0 Å². The van der Waals surface area contributed by atoms with E-state index in [-0.39, 0.29) is 62.2 Å². The van der Waals surface area contributed by atoms with Crippen LogP contribution in [0.2, 0.25) is 3.63 Å². The van der Waals surface area contributed by atoms with Gasteiger partial charge in [-0.1, -0.05) is 0 Å². The van der Waals surface area contributed by atoms with E-state index in [1.54, 1.807) is 24.3 Å². The summed E-state index contributed by atoms with van der Waals surface area (Å²) in [5.41, 5.74) is 14.7. The van der Waals surface area contributed by atoms with Crippen molar-refractivity contribution in [3.63, 3.8) is 0 Å². The van der Waals surface area contributed by atoms with Gasteiger partial charge in [-0.3, -0.25) is 0 Å². The zero-order valence-corrected chi connectivity index (χ0v) is 38.9. The van der Waals surface area contributed by atoms with Gasteiger partial charge < -0.3 is 0 Å². The van der Waals surface area contributed by atoms with Gasteiger partial charge in [-0.2, -0.15) is 0 Å². The first-order valence-corrected chi connectivity index (χ1v) is 26.8. The van der Waals surface area contributed by atoms with Crippen LogP contribution in [0.3, 0.4) is 0 Å². The second-order valence-electron chi connectivity index (χ2n) is 19.4. The molecule has 0 fully saturated rings. The third-order valence-corrected chi connectivity index (χ3v) is 32.5. The van der Waals surface area contributed by atoms with Gasteiger partial charge in [-0.05, 0) is 0 Å². The molecule has 8 rings (SSSR count). The van der Waals surface area contributed by atoms with Gasteiger partial charge in [0.15, 0.2) is 0 Å². The molecule has 294 valence electrons. The molecule has 0 saturated heterocycles. The molecule has 0 heterocycles. The molecule has 0 saturated carbocycles. The monoisotopic (exact) mass is 868 g/mol. The Morgan fingerprint density at radius 2 is 1.21 bits per heavy atom. The molecule has 0 amide bonds. The van der Waals surface area contributed by atoms with Gasteiger partial charge >= 0.3 is 325 Å². The summed E-state index contributed by atoms with van der Waals surface area (Å²) < 4.78 is 39.2. The van der Waals surface area contributed by atoms with Gasteiger partial charge in [0, 0.05) is 0 Å². The van der Waals surface area contributed by atoms with Crippen molar-refractivity contribution in [3.8, 4) is 11.1 Å². The second kappa shape index (κ2) is 14.1. The summed E-state index contributed by atoms with van der Waals surface area (Å²) >= 11 is -5.26. The van der Waals surface area contributed by atoms with E-state index >= 15 is 0 Å². The molecule has 4 aromatic carbocycles. The molecule has 4 aliphatic carbocycles. The van der Waals surface area contributed by atoms with Crippen LogP contribution in [0.1, 0.15) is 115 Å². The SMILES string of the molecule is Cl.Cl.[CH2]=[Zr]([C]1=CC(C(C)(C)C)=CC1CC)([c]1ccc(F)cc1)([c]1ccc(F)cc1)[CH]1C=C(C)c2cc3c(cc2C1(C)C)Cc1cc2c(cc1-3)C(C)=CCC2(C)C. The maximum absolute atomic E-state index is 15.0. The Morgan fingerprint density at radius 3 is 1.71 bits per heavy atom. The van der Waals surface area contributed by atoms with Crippen LogP contribution < -0.4 is 6.54 Å². The van der Waals surface area contributed by atoms with Crippen molar-refractivity contribution >= 4 is 46.7 Å². The molecule has 0 nitrogen and oxygen atoms in total. The van der Waals surface area contributed by atoms with E-state index in [9.17, 15) is 8.78 Å². The van der Waals surface area contributed by atoms with Crippen molar-refractivity contribution in [1.29, 1.82) is 0 Å². The Labute approximate surface area is 347 Å². The van der Waals surface area contributed by atoms with Gasteiger partial charge in [-0.15, -0.1) is 24.8 Å². The Balaban J connectivity index is 0.00000266. The molecule has 0 spiro atoms. The third kappa shape index (κ3) is 6.07. The average Bonchev–Trinajstić information content (AvgIpc) is 3.73. The number of allylic oxidation sites excluding steroid dienone is 8. The summed E-state index contributed by atoms with van der Waals surface area (Å²) in [7, 11) is 0. The summed E-state index contributed by atoms with van der Waals surface area (Å²) in [5, 5.41) is 0. The summed E-state index contributed by atoms with van der Waals surface area (Å²) in [6.45, 7) is 23.2. The Hall–Kier alpha value is -2.97. The Bertz CT molecular complexity index is 2400. The standard InChI is InChI=1S/C27H29.C11H17.2C6H4F.CH2.2ClH.Zr/c1-16-7-9-26(3,4)24-12-18-11-19-13-25-21(17(2)8-10-27(25,5)6)15-23(19)22(18)14-20(16)24;1-5-9-6-7-10(8-9)11(2,3)4;2*7-6-4-2-1-3-5-6;;;;/h7-9,12-15H,10-11H2,1-6H3;7-9H,5H2,1-4H3;2*2-5H;1H2;2*1H;. The van der Waals surface area contributed by atoms with E-state index in [1.807, 2.05) is 24.3 Å². The first kappa shape index (κ1) is 42.6. The summed E-state index contributed by atoms with van der Waals surface area (Å²) in [6.07, 6.45) is 12.8. The fourth-order valence-corrected chi connectivity index (χ4v) is 30.5. The van der Waals surface area contributed by atoms with Crippen molar-refractivity contribution in [1.82, 2.24) is 0 Å². The van der Waals surface area contributed by atoms with Gasteiger partial charge in [-0.25, -0.2) is 0 Å². The average molecular weight is 871 g/mol. The summed E-state index contributed by atoms with van der Waals surface area (Å²) in [6, 6.07) is 24.5. The first-order valence-electron chi connectivity index (χ1n) is 20.0. The minimum atomic E-state index is -5.26. The predicted molar refractivity (Wildman–Crippen MR) is 239 cm³/mol. The molecule has 0 aliphatic heterocycles. The van der Waals surface area contributed by atoms with Crippen LogP contribution >= 0.6 is 24.8 Å². The van der Waals surface area contributed by atoms with Crippen molar-refractivity contribution < 1.29 is 27.1 Å². The van der Waals surface area contributed by atoms with Crippen LogP contribution in [0.4, 0.5) is 8.78 Å². The van der Waals surface area contributed by atoms with Gasteiger partial charge in [0.25, 0.3) is 0 Å². The molecule has 2 unspecified atom stereocenters. The summed E-state index contributed by atoms with van der Waals surface area (Å²) in [4.78, 5) is 0. The fraction of sp³-hybridized carbons (Fsp3) is 0.353. The van der Waals surface area contributed by atoms with Crippen LogP contribution in [0.25, 0.3) is 22.3 Å². The van der Waals surface area contributed by atoms with Gasteiger partial charge in [0.2, 0.25) is 0 Å². The molecular weight excluding hydrogens is 813 g/mol. The molecule has 0 bridgehead atoms. The van der Waals surface area contributed by atoms with Gasteiger partial charge in [0.1, 0.15) is 0 Å². The number of halogens is 4. The zero-order chi connectivity index (χ0) is 38.8. The van der Waals surface area contributed by atoms with E-state index in [4.69, 9.17) is 4.21 Å². The molecule has 56 heavy (non-hydrogen) atoms. The van der Waals surface area contributed by atoms with Gasteiger partial charge in [0.05, 0.1) is 0 Å². The van der Waals surface area contributed by atoms with Crippen molar-refractivity contribution in [2.45, 2.75) is 103 Å². The van der Waals surface area contributed by atoms with Crippen LogP contribution in [-0.4, -0.2) is 4.21 Å². The normalized spacial score (nSPS) is 20.5. The van der Waals surface area contributed by atoms with E-state index in [0.29, 0.717) is 0 Å². The van der Waals surface area contributed by atoms with Crippen molar-refractivity contribution in [2.24, 2.45) is 11.3 Å². The van der Waals surface area contributed by atoms with Crippen LogP contribution in [-0.2, 0) is 35.5 Å². The molecule has 0 radical (unpaired) electrons. The Kier molecular flexibility index (Phi) is 10.7. The van der Waals surface area contributed by atoms with Crippen LogP contribution in [0, 0.1) is 23.0 Å². The zero-order valence-electron chi connectivity index (χ0n) is 34.8. The minimum absolute atomic E-state index is 0.